The molecule has 1 rings (SSSR count). The van der Waals surface area contributed by atoms with Crippen LogP contribution in [0.3, 0.4) is 0 Å². The molecule has 0 aliphatic heterocycles. The Bertz CT molecular complexity index is 379. The van der Waals surface area contributed by atoms with E-state index in [9.17, 15) is 4.79 Å². The van der Waals surface area contributed by atoms with Gasteiger partial charge in [-0.05, 0) is 19.4 Å². The van der Waals surface area contributed by atoms with E-state index in [0.717, 1.165) is 11.3 Å². The lowest BCUT2D eigenvalue weighted by Crippen LogP contribution is -2.41. The molecule has 4 heteroatoms. The van der Waals surface area contributed by atoms with Gasteiger partial charge in [0, 0.05) is 5.56 Å². The number of para-hydroxylation sites is 1. The van der Waals surface area contributed by atoms with Crippen molar-refractivity contribution in [3.8, 4) is 5.75 Å². The zero-order valence-corrected chi connectivity index (χ0v) is 10.6. The third-order valence-electron chi connectivity index (χ3n) is 2.74. The number of ether oxygens (including phenoxy) is 1. The smallest absolute Gasteiger partial charge is 0.237 e. The van der Waals surface area contributed by atoms with Gasteiger partial charge in [-0.15, -0.1) is 0 Å². The van der Waals surface area contributed by atoms with Crippen LogP contribution in [0.4, 0.5) is 0 Å². The SMILES string of the molecule is CC[C@@H](N)C(=O)N[C@H](C)c1ccccc1OC. The molecule has 0 aliphatic rings. The highest BCUT2D eigenvalue weighted by atomic mass is 16.5. The number of rotatable bonds is 5. The molecule has 0 saturated heterocycles. The lowest BCUT2D eigenvalue weighted by atomic mass is 10.1. The van der Waals surface area contributed by atoms with Gasteiger partial charge in [-0.25, -0.2) is 0 Å². The van der Waals surface area contributed by atoms with E-state index in [2.05, 4.69) is 5.32 Å². The average Bonchev–Trinajstić information content (AvgIpc) is 2.37. The number of hydrogen-bond acceptors (Lipinski definition) is 3. The maximum atomic E-state index is 11.7. The van der Waals surface area contributed by atoms with E-state index < -0.39 is 6.04 Å². The van der Waals surface area contributed by atoms with Gasteiger partial charge in [-0.1, -0.05) is 25.1 Å². The Balaban J connectivity index is 2.76. The fourth-order valence-electron chi connectivity index (χ4n) is 1.61. The second-order valence-corrected chi connectivity index (χ2v) is 3.99. The molecule has 0 radical (unpaired) electrons. The Labute approximate surface area is 102 Å². The maximum absolute atomic E-state index is 11.7. The molecule has 4 nitrogen and oxygen atoms in total. The first kappa shape index (κ1) is 13.5. The molecule has 0 spiro atoms. The Morgan fingerprint density at radius 2 is 2.12 bits per heavy atom. The predicted octanol–water partition coefficient (Wildman–Crippen LogP) is 1.61. The van der Waals surface area contributed by atoms with E-state index in [0.29, 0.717) is 6.42 Å². The Hall–Kier alpha value is -1.55. The van der Waals surface area contributed by atoms with Gasteiger partial charge in [-0.2, -0.15) is 0 Å². The first-order valence-electron chi connectivity index (χ1n) is 5.79. The third-order valence-corrected chi connectivity index (χ3v) is 2.74. The van der Waals surface area contributed by atoms with Crippen LogP contribution in [0.5, 0.6) is 5.75 Å². The van der Waals surface area contributed by atoms with Crippen molar-refractivity contribution in [1.29, 1.82) is 0 Å². The number of carbonyl (C=O) groups is 1. The van der Waals surface area contributed by atoms with Crippen LogP contribution in [0.25, 0.3) is 0 Å². The minimum atomic E-state index is -0.452. The van der Waals surface area contributed by atoms with E-state index in [1.165, 1.54) is 0 Å². The second kappa shape index (κ2) is 6.25. The van der Waals surface area contributed by atoms with Crippen molar-refractivity contribution >= 4 is 5.91 Å². The van der Waals surface area contributed by atoms with Gasteiger partial charge in [0.1, 0.15) is 5.75 Å². The fraction of sp³-hybridized carbons (Fsp3) is 0.462. The van der Waals surface area contributed by atoms with Crippen molar-refractivity contribution in [3.05, 3.63) is 29.8 Å². The van der Waals surface area contributed by atoms with Crippen LogP contribution in [-0.4, -0.2) is 19.1 Å². The molecule has 1 aromatic carbocycles. The van der Waals surface area contributed by atoms with Gasteiger partial charge in [0.2, 0.25) is 5.91 Å². The van der Waals surface area contributed by atoms with Gasteiger partial charge in [0.05, 0.1) is 19.2 Å². The molecule has 3 N–H and O–H groups in total. The first-order valence-corrected chi connectivity index (χ1v) is 5.79. The monoisotopic (exact) mass is 236 g/mol. The van der Waals surface area contributed by atoms with Crippen LogP contribution in [-0.2, 0) is 4.79 Å². The average molecular weight is 236 g/mol. The first-order chi connectivity index (χ1) is 8.10. The van der Waals surface area contributed by atoms with E-state index in [1.54, 1.807) is 7.11 Å². The summed E-state index contributed by atoms with van der Waals surface area (Å²) in [5.74, 6) is 0.635. The lowest BCUT2D eigenvalue weighted by Gasteiger charge is -2.19. The van der Waals surface area contributed by atoms with Crippen LogP contribution in [0.1, 0.15) is 31.9 Å². The normalized spacial score (nSPS) is 13.9. The highest BCUT2D eigenvalue weighted by Crippen LogP contribution is 2.24. The number of nitrogens with two attached hydrogens (primary N) is 1. The molecule has 1 amide bonds. The van der Waals surface area contributed by atoms with Crippen molar-refractivity contribution in [3.63, 3.8) is 0 Å². The second-order valence-electron chi connectivity index (χ2n) is 3.99. The molecular formula is C13H20N2O2. The summed E-state index contributed by atoms with van der Waals surface area (Å²) in [6.45, 7) is 3.80. The molecule has 0 fully saturated rings. The van der Waals surface area contributed by atoms with Gasteiger partial charge in [0.25, 0.3) is 0 Å². The minimum Gasteiger partial charge on any atom is -0.496 e. The number of benzene rings is 1. The molecule has 0 aliphatic carbocycles. The topological polar surface area (TPSA) is 64.4 Å². The summed E-state index contributed by atoms with van der Waals surface area (Å²) in [5, 5.41) is 2.88. The van der Waals surface area contributed by atoms with Crippen molar-refractivity contribution in [2.75, 3.05) is 7.11 Å². The van der Waals surface area contributed by atoms with E-state index in [-0.39, 0.29) is 11.9 Å². The highest BCUT2D eigenvalue weighted by Gasteiger charge is 2.16. The number of hydrogen-bond donors (Lipinski definition) is 2. The summed E-state index contributed by atoms with van der Waals surface area (Å²) in [7, 11) is 1.62. The Morgan fingerprint density at radius 1 is 1.47 bits per heavy atom. The summed E-state index contributed by atoms with van der Waals surface area (Å²) < 4.78 is 5.25. The van der Waals surface area contributed by atoms with Crippen LogP contribution >= 0.6 is 0 Å². The van der Waals surface area contributed by atoms with Gasteiger partial charge in [0.15, 0.2) is 0 Å². The lowest BCUT2D eigenvalue weighted by molar-refractivity contribution is -0.123. The van der Waals surface area contributed by atoms with Gasteiger partial charge >= 0.3 is 0 Å². The summed E-state index contributed by atoms with van der Waals surface area (Å²) in [5.41, 5.74) is 6.62. The number of methoxy groups -OCH3 is 1. The van der Waals surface area contributed by atoms with Gasteiger partial charge in [-0.3, -0.25) is 4.79 Å². The Kier molecular flexibility index (Phi) is 4.97. The summed E-state index contributed by atoms with van der Waals surface area (Å²) in [6, 6.07) is 7.05. The van der Waals surface area contributed by atoms with Crippen LogP contribution in [0.2, 0.25) is 0 Å². The molecule has 0 aromatic heterocycles. The standard InChI is InChI=1S/C13H20N2O2/c1-4-11(14)13(16)15-9(2)10-7-5-6-8-12(10)17-3/h5-9,11H,4,14H2,1-3H3,(H,15,16)/t9-,11-/m1/s1. The molecule has 94 valence electrons. The van der Waals surface area contributed by atoms with Gasteiger partial charge < -0.3 is 15.8 Å². The number of amides is 1. The fourth-order valence-corrected chi connectivity index (χ4v) is 1.61. The van der Waals surface area contributed by atoms with Crippen LogP contribution < -0.4 is 15.8 Å². The summed E-state index contributed by atoms with van der Waals surface area (Å²) >= 11 is 0. The molecule has 17 heavy (non-hydrogen) atoms. The Morgan fingerprint density at radius 3 is 2.71 bits per heavy atom. The van der Waals surface area contributed by atoms with E-state index in [1.807, 2.05) is 38.1 Å². The molecule has 0 heterocycles. The zero-order chi connectivity index (χ0) is 12.8. The number of carbonyl (C=O) groups excluding carboxylic acids is 1. The zero-order valence-electron chi connectivity index (χ0n) is 10.6. The molecule has 1 aromatic rings. The summed E-state index contributed by atoms with van der Waals surface area (Å²) in [6.07, 6.45) is 0.629. The van der Waals surface area contributed by atoms with Crippen molar-refractivity contribution < 1.29 is 9.53 Å². The molecule has 0 unspecified atom stereocenters. The summed E-state index contributed by atoms with van der Waals surface area (Å²) in [4.78, 5) is 11.7. The largest absolute Gasteiger partial charge is 0.496 e. The van der Waals surface area contributed by atoms with E-state index >= 15 is 0 Å². The van der Waals surface area contributed by atoms with Crippen LogP contribution in [0, 0.1) is 0 Å². The maximum Gasteiger partial charge on any atom is 0.237 e. The molecular weight excluding hydrogens is 216 g/mol. The van der Waals surface area contributed by atoms with Crippen LogP contribution in [0.15, 0.2) is 24.3 Å². The van der Waals surface area contributed by atoms with Crippen molar-refractivity contribution in [2.24, 2.45) is 5.73 Å². The predicted molar refractivity (Wildman–Crippen MR) is 67.8 cm³/mol. The molecule has 0 bridgehead atoms. The van der Waals surface area contributed by atoms with Crippen molar-refractivity contribution in [2.45, 2.75) is 32.4 Å². The quantitative estimate of drug-likeness (QED) is 0.816. The minimum absolute atomic E-state index is 0.115. The van der Waals surface area contributed by atoms with E-state index in [4.69, 9.17) is 10.5 Å². The highest BCUT2D eigenvalue weighted by molar-refractivity contribution is 5.81. The van der Waals surface area contributed by atoms with Crippen molar-refractivity contribution in [1.82, 2.24) is 5.32 Å². The molecule has 0 saturated carbocycles. The molecule has 2 atom stereocenters. The third kappa shape index (κ3) is 3.46. The number of nitrogens with one attached hydrogen (secondary N) is 1.